The van der Waals surface area contributed by atoms with Crippen molar-refractivity contribution in [3.8, 4) is 0 Å². The molecule has 0 bridgehead atoms. The van der Waals surface area contributed by atoms with Crippen LogP contribution in [0.15, 0.2) is 36.6 Å². The van der Waals surface area contributed by atoms with Crippen molar-refractivity contribution in [1.29, 1.82) is 0 Å². The molecule has 2 nitrogen and oxygen atoms in total. The number of aliphatic hydroxyl groups excluding tert-OH is 1. The summed E-state index contributed by atoms with van der Waals surface area (Å²) in [7, 11) is 0. The average molecular weight is 205 g/mol. The maximum Gasteiger partial charge on any atom is 0.0755 e. The van der Waals surface area contributed by atoms with Crippen molar-refractivity contribution in [2.45, 2.75) is 20.3 Å². The van der Waals surface area contributed by atoms with E-state index in [-0.39, 0.29) is 0 Å². The summed E-state index contributed by atoms with van der Waals surface area (Å²) < 4.78 is 0. The molecule has 0 unspecified atom stereocenters. The molecule has 0 aliphatic carbocycles. The topological polar surface area (TPSA) is 23.5 Å². The van der Waals surface area contributed by atoms with Gasteiger partial charge >= 0.3 is 0 Å². The van der Waals surface area contributed by atoms with E-state index < -0.39 is 0 Å². The van der Waals surface area contributed by atoms with E-state index in [0.29, 0.717) is 0 Å². The molecule has 0 aliphatic rings. The molecule has 0 saturated carbocycles. The first-order valence-electron chi connectivity index (χ1n) is 5.44. The van der Waals surface area contributed by atoms with Crippen LogP contribution < -0.4 is 4.90 Å². The minimum absolute atomic E-state index is 0.783. The number of benzene rings is 1. The first kappa shape index (κ1) is 11.6. The lowest BCUT2D eigenvalue weighted by Crippen LogP contribution is -2.21. The Balaban J connectivity index is 2.81. The number of anilines is 1. The molecule has 0 spiro atoms. The molecule has 0 fully saturated rings. The zero-order chi connectivity index (χ0) is 11.1. The van der Waals surface area contributed by atoms with E-state index in [4.69, 9.17) is 5.11 Å². The van der Waals surface area contributed by atoms with Gasteiger partial charge in [0.1, 0.15) is 0 Å². The number of rotatable bonds is 5. The molecule has 0 saturated heterocycles. The number of nitrogens with zero attached hydrogens (tertiary/aromatic N) is 1. The maximum absolute atomic E-state index is 8.61. The molecule has 82 valence electrons. The van der Waals surface area contributed by atoms with Crippen LogP contribution >= 0.6 is 0 Å². The highest BCUT2D eigenvalue weighted by atomic mass is 16.2. The second-order valence-electron chi connectivity index (χ2n) is 3.43. The van der Waals surface area contributed by atoms with Crippen LogP contribution in [0.3, 0.4) is 0 Å². The van der Waals surface area contributed by atoms with Gasteiger partial charge < -0.3 is 10.0 Å². The number of aliphatic hydroxyl groups is 1. The maximum atomic E-state index is 8.61. The van der Waals surface area contributed by atoms with Crippen molar-refractivity contribution in [3.05, 3.63) is 42.2 Å². The fourth-order valence-corrected chi connectivity index (χ4v) is 1.66. The normalized spacial score (nSPS) is 10.8. The second-order valence-corrected chi connectivity index (χ2v) is 3.43. The standard InChI is InChI=1S/C13H19NO/c1-3-14(4-2)13-9-5-7-12(11-13)8-6-10-15/h5-7,9-11,15H,3-4,8H2,1-2H3. The summed E-state index contributed by atoms with van der Waals surface area (Å²) in [4.78, 5) is 2.31. The Hall–Kier alpha value is -1.44. The van der Waals surface area contributed by atoms with E-state index in [1.54, 1.807) is 6.08 Å². The molecule has 2 heteroatoms. The van der Waals surface area contributed by atoms with Crippen LogP contribution in [0.5, 0.6) is 0 Å². The van der Waals surface area contributed by atoms with Gasteiger partial charge in [-0.15, -0.1) is 0 Å². The first-order valence-corrected chi connectivity index (χ1v) is 5.44. The predicted octanol–water partition coefficient (Wildman–Crippen LogP) is 3.15. The monoisotopic (exact) mass is 205 g/mol. The van der Waals surface area contributed by atoms with E-state index in [0.717, 1.165) is 25.8 Å². The van der Waals surface area contributed by atoms with Crippen LogP contribution in [0.1, 0.15) is 19.4 Å². The van der Waals surface area contributed by atoms with E-state index in [1.807, 2.05) is 0 Å². The highest BCUT2D eigenvalue weighted by Gasteiger charge is 2.01. The third kappa shape index (κ3) is 3.31. The third-order valence-electron chi connectivity index (χ3n) is 2.50. The zero-order valence-corrected chi connectivity index (χ0v) is 9.48. The van der Waals surface area contributed by atoms with Gasteiger partial charge in [0.2, 0.25) is 0 Å². The van der Waals surface area contributed by atoms with Gasteiger partial charge in [-0.3, -0.25) is 0 Å². The van der Waals surface area contributed by atoms with Gasteiger partial charge in [-0.05, 0) is 44.0 Å². The van der Waals surface area contributed by atoms with E-state index in [9.17, 15) is 0 Å². The summed E-state index contributed by atoms with van der Waals surface area (Å²) in [5.41, 5.74) is 2.48. The van der Waals surface area contributed by atoms with Gasteiger partial charge in [0.05, 0.1) is 6.26 Å². The minimum Gasteiger partial charge on any atom is -0.516 e. The molecular weight excluding hydrogens is 186 g/mol. The van der Waals surface area contributed by atoms with Crippen molar-refractivity contribution in [2.75, 3.05) is 18.0 Å². The Labute approximate surface area is 91.9 Å². The third-order valence-corrected chi connectivity index (χ3v) is 2.50. The van der Waals surface area contributed by atoms with E-state index in [2.05, 4.69) is 43.0 Å². The van der Waals surface area contributed by atoms with Gasteiger partial charge in [0.25, 0.3) is 0 Å². The van der Waals surface area contributed by atoms with Crippen LogP contribution in [-0.4, -0.2) is 18.2 Å². The number of allylic oxidation sites excluding steroid dienone is 1. The van der Waals surface area contributed by atoms with E-state index >= 15 is 0 Å². The van der Waals surface area contributed by atoms with Gasteiger partial charge in [0.15, 0.2) is 0 Å². The summed E-state index contributed by atoms with van der Waals surface area (Å²) >= 11 is 0. The van der Waals surface area contributed by atoms with Gasteiger partial charge in [0, 0.05) is 18.8 Å². The summed E-state index contributed by atoms with van der Waals surface area (Å²) in [6.45, 7) is 6.36. The van der Waals surface area contributed by atoms with Crippen molar-refractivity contribution in [2.24, 2.45) is 0 Å². The lowest BCUT2D eigenvalue weighted by molar-refractivity contribution is 0.471. The zero-order valence-electron chi connectivity index (χ0n) is 9.48. The quantitative estimate of drug-likeness (QED) is 0.746. The van der Waals surface area contributed by atoms with Gasteiger partial charge in [-0.2, -0.15) is 0 Å². The number of hydrogen-bond acceptors (Lipinski definition) is 2. The number of hydrogen-bond donors (Lipinski definition) is 1. The fourth-order valence-electron chi connectivity index (χ4n) is 1.66. The lowest BCUT2D eigenvalue weighted by Gasteiger charge is -2.21. The molecule has 0 heterocycles. The summed E-state index contributed by atoms with van der Waals surface area (Å²) in [6.07, 6.45) is 3.64. The fraction of sp³-hybridized carbons (Fsp3) is 0.385. The largest absolute Gasteiger partial charge is 0.516 e. The molecule has 0 atom stereocenters. The lowest BCUT2D eigenvalue weighted by atomic mass is 10.1. The van der Waals surface area contributed by atoms with Gasteiger partial charge in [-0.1, -0.05) is 12.1 Å². The Morgan fingerprint density at radius 1 is 1.27 bits per heavy atom. The SMILES string of the molecule is CCN(CC)c1cccc(CC=CO)c1. The van der Waals surface area contributed by atoms with Crippen LogP contribution in [0, 0.1) is 0 Å². The van der Waals surface area contributed by atoms with Crippen LogP contribution in [0.25, 0.3) is 0 Å². The molecular formula is C13H19NO. The molecule has 15 heavy (non-hydrogen) atoms. The first-order chi connectivity index (χ1) is 7.31. The second kappa shape index (κ2) is 6.12. The molecule has 0 aromatic heterocycles. The smallest absolute Gasteiger partial charge is 0.0755 e. The summed E-state index contributed by atoms with van der Waals surface area (Å²) in [5.74, 6) is 0. The predicted molar refractivity (Wildman–Crippen MR) is 65.5 cm³/mol. The Morgan fingerprint density at radius 2 is 2.00 bits per heavy atom. The van der Waals surface area contributed by atoms with Crippen molar-refractivity contribution in [1.82, 2.24) is 0 Å². The molecule has 0 amide bonds. The van der Waals surface area contributed by atoms with Crippen LogP contribution in [-0.2, 0) is 6.42 Å². The minimum atomic E-state index is 0.783. The summed E-state index contributed by atoms with van der Waals surface area (Å²) in [5, 5.41) is 8.61. The molecule has 1 N–H and O–H groups in total. The molecule has 0 aliphatic heterocycles. The Bertz CT molecular complexity index is 316. The van der Waals surface area contributed by atoms with Crippen molar-refractivity contribution < 1.29 is 5.11 Å². The van der Waals surface area contributed by atoms with Gasteiger partial charge in [-0.25, -0.2) is 0 Å². The molecule has 1 aromatic carbocycles. The van der Waals surface area contributed by atoms with E-state index in [1.165, 1.54) is 11.3 Å². The molecule has 1 rings (SSSR count). The summed E-state index contributed by atoms with van der Waals surface area (Å²) in [6, 6.07) is 8.44. The Morgan fingerprint density at radius 3 is 2.60 bits per heavy atom. The van der Waals surface area contributed by atoms with Crippen molar-refractivity contribution in [3.63, 3.8) is 0 Å². The van der Waals surface area contributed by atoms with Crippen LogP contribution in [0.4, 0.5) is 5.69 Å². The highest BCUT2D eigenvalue weighted by molar-refractivity contribution is 5.48. The highest BCUT2D eigenvalue weighted by Crippen LogP contribution is 2.16. The Kier molecular flexibility index (Phi) is 4.75. The molecule has 0 radical (unpaired) electrons. The van der Waals surface area contributed by atoms with Crippen LogP contribution in [0.2, 0.25) is 0 Å². The van der Waals surface area contributed by atoms with Crippen molar-refractivity contribution >= 4 is 5.69 Å². The average Bonchev–Trinajstić information content (AvgIpc) is 2.29. The molecule has 1 aromatic rings.